The van der Waals surface area contributed by atoms with E-state index < -0.39 is 35.4 Å². The van der Waals surface area contributed by atoms with Gasteiger partial charge in [-0.3, -0.25) is 19.7 Å². The summed E-state index contributed by atoms with van der Waals surface area (Å²) < 4.78 is 0. The largest absolute Gasteiger partial charge is 0.481 e. The van der Waals surface area contributed by atoms with E-state index in [9.17, 15) is 19.2 Å². The summed E-state index contributed by atoms with van der Waals surface area (Å²) in [7, 11) is 0. The molecule has 1 fully saturated rings. The van der Waals surface area contributed by atoms with Crippen molar-refractivity contribution in [1.29, 1.82) is 0 Å². The molecule has 20 heavy (non-hydrogen) atoms. The van der Waals surface area contributed by atoms with Gasteiger partial charge in [0, 0.05) is 5.54 Å². The van der Waals surface area contributed by atoms with Crippen LogP contribution in [0, 0.1) is 0 Å². The van der Waals surface area contributed by atoms with Crippen molar-refractivity contribution in [3.63, 3.8) is 0 Å². The van der Waals surface area contributed by atoms with E-state index in [0.717, 1.165) is 4.90 Å². The van der Waals surface area contributed by atoms with Crippen LogP contribution in [0.4, 0.5) is 4.79 Å². The number of aliphatic carboxylic acids is 1. The molecule has 1 aliphatic heterocycles. The maximum Gasteiger partial charge on any atom is 0.318 e. The van der Waals surface area contributed by atoms with E-state index >= 15 is 0 Å². The maximum absolute atomic E-state index is 12.1. The fourth-order valence-electron chi connectivity index (χ4n) is 2.07. The molecular weight excluding hydrogens is 266 g/mol. The number of rotatable bonds is 4. The van der Waals surface area contributed by atoms with Gasteiger partial charge >= 0.3 is 12.0 Å². The first-order chi connectivity index (χ1) is 9.16. The molecule has 1 rings (SSSR count). The monoisotopic (exact) mass is 285 g/mol. The molecule has 0 aromatic rings. The van der Waals surface area contributed by atoms with Gasteiger partial charge in [-0.15, -0.1) is 0 Å². The van der Waals surface area contributed by atoms with Gasteiger partial charge in [-0.05, 0) is 20.3 Å². The SMILES string of the molecule is CCC1C(=O)NC(=O)CN1C(=O)NC(C)(C)CC(=O)O. The van der Waals surface area contributed by atoms with E-state index in [2.05, 4.69) is 10.6 Å². The van der Waals surface area contributed by atoms with Crippen molar-refractivity contribution >= 4 is 23.8 Å². The van der Waals surface area contributed by atoms with E-state index in [1.807, 2.05) is 0 Å². The van der Waals surface area contributed by atoms with Crippen LogP contribution in [0.5, 0.6) is 0 Å². The molecule has 0 aliphatic carbocycles. The highest BCUT2D eigenvalue weighted by Gasteiger charge is 2.37. The van der Waals surface area contributed by atoms with Crippen LogP contribution >= 0.6 is 0 Å². The average molecular weight is 285 g/mol. The van der Waals surface area contributed by atoms with E-state index in [1.54, 1.807) is 20.8 Å². The van der Waals surface area contributed by atoms with Crippen molar-refractivity contribution in [1.82, 2.24) is 15.5 Å². The lowest BCUT2D eigenvalue weighted by molar-refractivity contribution is -0.140. The second-order valence-electron chi connectivity index (χ2n) is 5.35. The van der Waals surface area contributed by atoms with Gasteiger partial charge in [-0.2, -0.15) is 0 Å². The predicted octanol–water partition coefficient (Wildman–Crippen LogP) is -0.314. The number of urea groups is 1. The fraction of sp³-hybridized carbons (Fsp3) is 0.667. The van der Waals surface area contributed by atoms with Crippen LogP contribution in [-0.2, 0) is 14.4 Å². The van der Waals surface area contributed by atoms with Crippen LogP contribution in [0.25, 0.3) is 0 Å². The van der Waals surface area contributed by atoms with Crippen LogP contribution in [0.2, 0.25) is 0 Å². The number of nitrogens with zero attached hydrogens (tertiary/aromatic N) is 1. The number of nitrogens with one attached hydrogen (secondary N) is 2. The number of carboxylic acids is 1. The molecule has 8 nitrogen and oxygen atoms in total. The molecule has 1 aliphatic rings. The smallest absolute Gasteiger partial charge is 0.318 e. The van der Waals surface area contributed by atoms with Crippen molar-refractivity contribution in [2.24, 2.45) is 0 Å². The van der Waals surface area contributed by atoms with Gasteiger partial charge in [0.25, 0.3) is 0 Å². The van der Waals surface area contributed by atoms with Gasteiger partial charge in [0.1, 0.15) is 12.6 Å². The molecule has 0 aromatic carbocycles. The standard InChI is InChI=1S/C12H19N3O5/c1-4-7-10(19)13-8(16)6-15(7)11(20)14-12(2,3)5-9(17)18/h7H,4-6H2,1-3H3,(H,14,20)(H,17,18)(H,13,16,19). The molecule has 112 valence electrons. The Morgan fingerprint density at radius 2 is 2.05 bits per heavy atom. The van der Waals surface area contributed by atoms with E-state index in [0.29, 0.717) is 6.42 Å². The van der Waals surface area contributed by atoms with Crippen molar-refractivity contribution in [3.8, 4) is 0 Å². The first kappa shape index (κ1) is 15.9. The van der Waals surface area contributed by atoms with Crippen LogP contribution in [0.1, 0.15) is 33.6 Å². The molecular formula is C12H19N3O5. The zero-order valence-electron chi connectivity index (χ0n) is 11.7. The Balaban J connectivity index is 2.81. The van der Waals surface area contributed by atoms with E-state index in [4.69, 9.17) is 5.11 Å². The van der Waals surface area contributed by atoms with Gasteiger partial charge in [0.15, 0.2) is 0 Å². The Morgan fingerprint density at radius 1 is 1.45 bits per heavy atom. The molecule has 1 unspecified atom stereocenters. The summed E-state index contributed by atoms with van der Waals surface area (Å²) in [5.74, 6) is -2.12. The summed E-state index contributed by atoms with van der Waals surface area (Å²) in [6, 6.07) is -1.35. The zero-order valence-corrected chi connectivity index (χ0v) is 11.7. The summed E-state index contributed by atoms with van der Waals surface area (Å²) in [6.07, 6.45) is 0.107. The number of hydrogen-bond acceptors (Lipinski definition) is 4. The molecule has 0 spiro atoms. The highest BCUT2D eigenvalue weighted by molar-refractivity contribution is 6.04. The Bertz CT molecular complexity index is 446. The minimum atomic E-state index is -1.05. The third-order valence-corrected chi connectivity index (χ3v) is 2.94. The molecule has 0 saturated carbocycles. The summed E-state index contributed by atoms with van der Waals surface area (Å²) >= 11 is 0. The summed E-state index contributed by atoms with van der Waals surface area (Å²) in [4.78, 5) is 47.0. The maximum atomic E-state index is 12.1. The topological polar surface area (TPSA) is 116 Å². The minimum Gasteiger partial charge on any atom is -0.481 e. The lowest BCUT2D eigenvalue weighted by Gasteiger charge is -2.36. The minimum absolute atomic E-state index is 0.223. The second kappa shape index (κ2) is 5.89. The third-order valence-electron chi connectivity index (χ3n) is 2.94. The highest BCUT2D eigenvalue weighted by atomic mass is 16.4. The average Bonchev–Trinajstić information content (AvgIpc) is 2.25. The summed E-state index contributed by atoms with van der Waals surface area (Å²) in [5, 5.41) is 13.5. The molecule has 1 saturated heterocycles. The van der Waals surface area contributed by atoms with Gasteiger partial charge in [0.05, 0.1) is 6.42 Å². The molecule has 1 heterocycles. The Kier molecular flexibility index (Phi) is 4.69. The lowest BCUT2D eigenvalue weighted by Crippen LogP contribution is -2.63. The van der Waals surface area contributed by atoms with Crippen LogP contribution in [-0.4, -0.2) is 51.9 Å². The number of carbonyl (C=O) groups excluding carboxylic acids is 3. The molecule has 0 bridgehead atoms. The van der Waals surface area contributed by atoms with Crippen molar-refractivity contribution < 1.29 is 24.3 Å². The molecule has 4 amide bonds. The second-order valence-corrected chi connectivity index (χ2v) is 5.35. The molecule has 0 radical (unpaired) electrons. The quantitative estimate of drug-likeness (QED) is 0.612. The van der Waals surface area contributed by atoms with Crippen molar-refractivity contribution in [2.45, 2.75) is 45.2 Å². The first-order valence-corrected chi connectivity index (χ1v) is 6.30. The van der Waals surface area contributed by atoms with Crippen LogP contribution in [0.3, 0.4) is 0 Å². The molecule has 8 heteroatoms. The van der Waals surface area contributed by atoms with Crippen molar-refractivity contribution in [2.75, 3.05) is 6.54 Å². The van der Waals surface area contributed by atoms with Crippen molar-refractivity contribution in [3.05, 3.63) is 0 Å². The first-order valence-electron chi connectivity index (χ1n) is 6.30. The number of piperazine rings is 1. The number of imide groups is 1. The molecule has 0 aromatic heterocycles. The van der Waals surface area contributed by atoms with Gasteiger partial charge in [0.2, 0.25) is 11.8 Å². The third kappa shape index (κ3) is 3.94. The van der Waals surface area contributed by atoms with E-state index in [-0.39, 0.29) is 13.0 Å². The number of carbonyl (C=O) groups is 4. The van der Waals surface area contributed by atoms with Gasteiger partial charge in [-0.25, -0.2) is 4.79 Å². The van der Waals surface area contributed by atoms with Crippen LogP contribution in [0.15, 0.2) is 0 Å². The molecule has 1 atom stereocenters. The summed E-state index contributed by atoms with van der Waals surface area (Å²) in [6.45, 7) is 4.62. The summed E-state index contributed by atoms with van der Waals surface area (Å²) in [5.41, 5.74) is -0.974. The van der Waals surface area contributed by atoms with E-state index in [1.165, 1.54) is 0 Å². The number of hydrogen-bond donors (Lipinski definition) is 3. The Morgan fingerprint density at radius 3 is 2.55 bits per heavy atom. The highest BCUT2D eigenvalue weighted by Crippen LogP contribution is 2.13. The number of amides is 4. The normalized spacial score (nSPS) is 19.6. The Labute approximate surface area is 116 Å². The zero-order chi connectivity index (χ0) is 15.5. The molecule has 3 N–H and O–H groups in total. The number of carboxylic acid groups (broad SMARTS) is 1. The Hall–Kier alpha value is -2.12. The lowest BCUT2D eigenvalue weighted by atomic mass is 10.0. The van der Waals surface area contributed by atoms with Crippen LogP contribution < -0.4 is 10.6 Å². The van der Waals surface area contributed by atoms with Gasteiger partial charge < -0.3 is 15.3 Å². The predicted molar refractivity (Wildman–Crippen MR) is 68.8 cm³/mol. The van der Waals surface area contributed by atoms with Gasteiger partial charge in [-0.1, -0.05) is 6.92 Å². The fourth-order valence-corrected chi connectivity index (χ4v) is 2.07.